The van der Waals surface area contributed by atoms with Gasteiger partial charge in [0.05, 0.1) is 18.4 Å². The van der Waals surface area contributed by atoms with Crippen molar-refractivity contribution in [1.82, 2.24) is 9.97 Å². The van der Waals surface area contributed by atoms with Crippen LogP contribution >= 0.6 is 0 Å². The largest absolute Gasteiger partial charge is 0.467 e. The Balaban J connectivity index is 1.74. The molecule has 0 saturated heterocycles. The number of anilines is 2. The van der Waals surface area contributed by atoms with Gasteiger partial charge in [0, 0.05) is 24.3 Å². The minimum atomic E-state index is 0.235. The Hall–Kier alpha value is -2.81. The summed E-state index contributed by atoms with van der Waals surface area (Å²) >= 11 is 0. The average molecular weight is 406 g/mol. The Morgan fingerprint density at radius 2 is 2.07 bits per heavy atom. The first-order valence-electron chi connectivity index (χ1n) is 11.0. The number of nitrogen functional groups attached to an aromatic ring is 1. The van der Waals surface area contributed by atoms with Crippen LogP contribution in [0.25, 0.3) is 0 Å². The maximum absolute atomic E-state index is 9.83. The summed E-state index contributed by atoms with van der Waals surface area (Å²) in [5.74, 6) is 1.25. The van der Waals surface area contributed by atoms with Crippen LogP contribution in [0.4, 0.5) is 11.5 Å². The number of hydrogen-bond acceptors (Lipinski definition) is 6. The topological polar surface area (TPSA) is 88.1 Å². The molecule has 1 atom stereocenters. The van der Waals surface area contributed by atoms with Crippen molar-refractivity contribution in [3.05, 3.63) is 40.1 Å². The molecule has 0 aliphatic heterocycles. The monoisotopic (exact) mass is 405 g/mol. The molecule has 2 N–H and O–H groups in total. The zero-order chi connectivity index (χ0) is 21.3. The first-order chi connectivity index (χ1) is 14.6. The minimum absolute atomic E-state index is 0.235. The van der Waals surface area contributed by atoms with Gasteiger partial charge >= 0.3 is 6.01 Å². The molecular formula is C24H31N5O. The quantitative estimate of drug-likeness (QED) is 0.726. The van der Waals surface area contributed by atoms with E-state index in [4.69, 9.17) is 20.4 Å². The molecule has 1 heterocycles. The second-order valence-corrected chi connectivity index (χ2v) is 8.56. The lowest BCUT2D eigenvalue weighted by molar-refractivity contribution is 0.368. The van der Waals surface area contributed by atoms with Crippen LogP contribution in [0.3, 0.4) is 0 Å². The predicted octanol–water partition coefficient (Wildman–Crippen LogP) is 4.15. The molecular weight excluding hydrogens is 374 g/mol. The molecule has 0 amide bonds. The maximum atomic E-state index is 9.83. The molecule has 1 saturated carbocycles. The van der Waals surface area contributed by atoms with E-state index in [9.17, 15) is 5.26 Å². The normalized spacial score (nSPS) is 18.3. The third kappa shape index (κ3) is 3.58. The smallest absolute Gasteiger partial charge is 0.318 e. The van der Waals surface area contributed by atoms with Gasteiger partial charge in [-0.3, -0.25) is 0 Å². The zero-order valence-electron chi connectivity index (χ0n) is 18.2. The van der Waals surface area contributed by atoms with Crippen LogP contribution in [0, 0.1) is 11.3 Å². The Labute approximate surface area is 179 Å². The second kappa shape index (κ2) is 8.51. The van der Waals surface area contributed by atoms with Gasteiger partial charge in [0.2, 0.25) is 0 Å². The molecule has 0 bridgehead atoms. The lowest BCUT2D eigenvalue weighted by atomic mass is 9.77. The minimum Gasteiger partial charge on any atom is -0.467 e. The van der Waals surface area contributed by atoms with Crippen LogP contribution in [-0.2, 0) is 19.3 Å². The van der Waals surface area contributed by atoms with Gasteiger partial charge in [0.15, 0.2) is 0 Å². The molecule has 0 spiro atoms. The molecule has 4 rings (SSSR count). The number of aryl methyl sites for hydroxylation is 1. The van der Waals surface area contributed by atoms with Gasteiger partial charge in [-0.1, -0.05) is 19.4 Å². The molecule has 2 aromatic rings. The summed E-state index contributed by atoms with van der Waals surface area (Å²) in [5.41, 5.74) is 12.0. The van der Waals surface area contributed by atoms with Gasteiger partial charge in [0.1, 0.15) is 11.9 Å². The van der Waals surface area contributed by atoms with Gasteiger partial charge in [-0.2, -0.15) is 15.2 Å². The number of nitrogens with zero attached hydrogens (tertiary/aromatic N) is 4. The number of nitrogens with two attached hydrogens (primary N) is 1. The number of benzene rings is 1. The number of methoxy groups -OCH3 is 1. The summed E-state index contributed by atoms with van der Waals surface area (Å²) in [6, 6.07) is 7.33. The van der Waals surface area contributed by atoms with E-state index in [1.54, 1.807) is 7.11 Å². The summed E-state index contributed by atoms with van der Waals surface area (Å²) in [6.07, 6.45) is 8.38. The fourth-order valence-corrected chi connectivity index (χ4v) is 4.91. The van der Waals surface area contributed by atoms with Gasteiger partial charge in [-0.05, 0) is 68.1 Å². The van der Waals surface area contributed by atoms with Crippen LogP contribution in [0.15, 0.2) is 12.1 Å². The van der Waals surface area contributed by atoms with Crippen LogP contribution < -0.4 is 15.4 Å². The van der Waals surface area contributed by atoms with Crippen molar-refractivity contribution in [1.29, 1.82) is 5.26 Å². The van der Waals surface area contributed by atoms with Crippen LogP contribution in [0.1, 0.15) is 72.9 Å². The molecule has 0 radical (unpaired) electrons. The Morgan fingerprint density at radius 3 is 2.70 bits per heavy atom. The first-order valence-corrected chi connectivity index (χ1v) is 11.0. The summed E-state index contributed by atoms with van der Waals surface area (Å²) in [4.78, 5) is 11.8. The Morgan fingerprint density at radius 1 is 1.27 bits per heavy atom. The highest BCUT2D eigenvalue weighted by Gasteiger charge is 2.32. The highest BCUT2D eigenvalue weighted by Crippen LogP contribution is 2.41. The summed E-state index contributed by atoms with van der Waals surface area (Å²) in [5, 5.41) is 9.83. The van der Waals surface area contributed by atoms with Crippen molar-refractivity contribution in [2.24, 2.45) is 0 Å². The predicted molar refractivity (Wildman–Crippen MR) is 119 cm³/mol. The fraction of sp³-hybridized carbons (Fsp3) is 0.542. The Bertz CT molecular complexity index is 977. The van der Waals surface area contributed by atoms with E-state index in [1.165, 1.54) is 30.4 Å². The van der Waals surface area contributed by atoms with E-state index < -0.39 is 0 Å². The summed E-state index contributed by atoms with van der Waals surface area (Å²) in [6.45, 7) is 2.17. The SMILES string of the molecule is CCCc1ccc(N)c(C#N)c1C1CCc2c(nc(OC)nc2N(C)C2CCC2)C1. The number of rotatable bonds is 6. The number of fused-ring (bicyclic) bond motifs is 1. The van der Waals surface area contributed by atoms with Crippen LogP contribution in [-0.4, -0.2) is 30.2 Å². The highest BCUT2D eigenvalue weighted by atomic mass is 16.5. The third-order valence-electron chi connectivity index (χ3n) is 6.78. The van der Waals surface area contributed by atoms with Crippen LogP contribution in [0.2, 0.25) is 0 Å². The van der Waals surface area contributed by atoms with E-state index in [1.807, 2.05) is 6.07 Å². The van der Waals surface area contributed by atoms with E-state index >= 15 is 0 Å². The van der Waals surface area contributed by atoms with E-state index in [0.717, 1.165) is 49.2 Å². The van der Waals surface area contributed by atoms with Crippen molar-refractivity contribution >= 4 is 11.5 Å². The van der Waals surface area contributed by atoms with Crippen molar-refractivity contribution in [3.8, 4) is 12.1 Å². The number of ether oxygens (including phenoxy) is 1. The zero-order valence-corrected chi connectivity index (χ0v) is 18.2. The van der Waals surface area contributed by atoms with E-state index in [0.29, 0.717) is 23.3 Å². The standard InChI is InChI=1S/C24H31N5O/c1-4-6-15-10-12-20(26)19(14-25)22(15)16-9-11-18-21(13-16)27-24(30-3)28-23(18)29(2)17-7-5-8-17/h10,12,16-17H,4-9,11,13,26H2,1-3H3. The van der Waals surface area contributed by atoms with Crippen molar-refractivity contribution < 1.29 is 4.74 Å². The molecule has 6 nitrogen and oxygen atoms in total. The molecule has 1 aromatic heterocycles. The molecule has 6 heteroatoms. The number of aromatic nitrogens is 2. The fourth-order valence-electron chi connectivity index (χ4n) is 4.91. The number of nitriles is 1. The number of hydrogen-bond donors (Lipinski definition) is 1. The molecule has 158 valence electrons. The molecule has 1 unspecified atom stereocenters. The van der Waals surface area contributed by atoms with Gasteiger partial charge in [-0.15, -0.1) is 0 Å². The van der Waals surface area contributed by atoms with Gasteiger partial charge in [0.25, 0.3) is 0 Å². The lowest BCUT2D eigenvalue weighted by Gasteiger charge is -2.38. The van der Waals surface area contributed by atoms with Crippen molar-refractivity contribution in [2.45, 2.75) is 70.3 Å². The Kier molecular flexibility index (Phi) is 5.80. The molecule has 2 aliphatic carbocycles. The molecule has 30 heavy (non-hydrogen) atoms. The second-order valence-electron chi connectivity index (χ2n) is 8.56. The highest BCUT2D eigenvalue weighted by molar-refractivity contribution is 5.62. The first kappa shape index (κ1) is 20.5. The molecule has 1 fully saturated rings. The van der Waals surface area contributed by atoms with E-state index in [-0.39, 0.29) is 5.92 Å². The average Bonchev–Trinajstić information content (AvgIpc) is 2.72. The molecule has 1 aromatic carbocycles. The summed E-state index contributed by atoms with van der Waals surface area (Å²) < 4.78 is 5.45. The van der Waals surface area contributed by atoms with Gasteiger partial charge < -0.3 is 15.4 Å². The van der Waals surface area contributed by atoms with Crippen molar-refractivity contribution in [2.75, 3.05) is 24.8 Å². The van der Waals surface area contributed by atoms with Crippen LogP contribution in [0.5, 0.6) is 6.01 Å². The van der Waals surface area contributed by atoms with E-state index in [2.05, 4.69) is 31.0 Å². The van der Waals surface area contributed by atoms with Crippen molar-refractivity contribution in [3.63, 3.8) is 0 Å². The third-order valence-corrected chi connectivity index (χ3v) is 6.78. The molecule has 2 aliphatic rings. The maximum Gasteiger partial charge on any atom is 0.318 e. The van der Waals surface area contributed by atoms with Gasteiger partial charge in [-0.25, -0.2) is 0 Å². The summed E-state index contributed by atoms with van der Waals surface area (Å²) in [7, 11) is 3.77. The lowest BCUT2D eigenvalue weighted by Crippen LogP contribution is -2.39.